The summed E-state index contributed by atoms with van der Waals surface area (Å²) in [6.45, 7) is 0. The van der Waals surface area contributed by atoms with Crippen molar-refractivity contribution in [2.24, 2.45) is 4.99 Å². The van der Waals surface area contributed by atoms with Gasteiger partial charge in [-0.25, -0.2) is 0 Å². The van der Waals surface area contributed by atoms with Crippen LogP contribution in [0.2, 0.25) is 0 Å². The molecule has 2 rings (SSSR count). The maximum Gasteiger partial charge on any atom is 0.234 e. The zero-order valence-corrected chi connectivity index (χ0v) is 6.14. The lowest BCUT2D eigenvalue weighted by molar-refractivity contribution is 0.0441. The number of aliphatic imine (C=N–C) groups is 1. The van der Waals surface area contributed by atoms with E-state index in [1.807, 2.05) is 0 Å². The third-order valence-electron chi connectivity index (χ3n) is 1.53. The van der Waals surface area contributed by atoms with Crippen LogP contribution in [0.15, 0.2) is 23.2 Å². The molecule has 4 nitrogen and oxygen atoms in total. The molecule has 1 unspecified atom stereocenters. The number of phenolic OH excluding ortho intramolecular Hbond substituents is 1. The zero-order chi connectivity index (χ0) is 8.55. The summed E-state index contributed by atoms with van der Waals surface area (Å²) in [6, 6.07) is 4.51. The summed E-state index contributed by atoms with van der Waals surface area (Å²) in [7, 11) is 0. The second-order valence-corrected chi connectivity index (χ2v) is 2.44. The molecular formula is C8H7NO3. The lowest BCUT2D eigenvalue weighted by atomic mass is 10.2. The Balaban J connectivity index is 2.47. The van der Waals surface area contributed by atoms with Crippen LogP contribution in [0.1, 0.15) is 0 Å². The van der Waals surface area contributed by atoms with Gasteiger partial charge in [-0.15, -0.1) is 0 Å². The van der Waals surface area contributed by atoms with Crippen molar-refractivity contribution < 1.29 is 14.9 Å². The molecule has 12 heavy (non-hydrogen) atoms. The number of nitrogens with zero attached hydrogens (tertiary/aromatic N) is 1. The molecule has 0 aliphatic carbocycles. The van der Waals surface area contributed by atoms with Crippen LogP contribution in [0.4, 0.5) is 5.69 Å². The molecule has 0 saturated heterocycles. The number of aromatic hydroxyl groups is 1. The van der Waals surface area contributed by atoms with Gasteiger partial charge in [0, 0.05) is 6.07 Å². The van der Waals surface area contributed by atoms with E-state index in [1.54, 1.807) is 6.07 Å². The van der Waals surface area contributed by atoms with Crippen molar-refractivity contribution in [3.63, 3.8) is 0 Å². The minimum atomic E-state index is -0.984. The fraction of sp³-hybridized carbons (Fsp3) is 0.125. The van der Waals surface area contributed by atoms with Gasteiger partial charge >= 0.3 is 0 Å². The molecule has 1 atom stereocenters. The van der Waals surface area contributed by atoms with Crippen LogP contribution in [-0.4, -0.2) is 22.7 Å². The number of hydrogen-bond donors (Lipinski definition) is 2. The molecule has 0 aromatic heterocycles. The summed E-state index contributed by atoms with van der Waals surface area (Å²) in [5.41, 5.74) is 0.528. The highest BCUT2D eigenvalue weighted by Gasteiger charge is 2.12. The fourth-order valence-corrected chi connectivity index (χ4v) is 1.01. The Morgan fingerprint density at radius 3 is 3.08 bits per heavy atom. The number of hydrogen-bond acceptors (Lipinski definition) is 4. The zero-order valence-electron chi connectivity index (χ0n) is 6.14. The van der Waals surface area contributed by atoms with Crippen molar-refractivity contribution in [2.45, 2.75) is 6.29 Å². The van der Waals surface area contributed by atoms with E-state index >= 15 is 0 Å². The molecule has 0 spiro atoms. The van der Waals surface area contributed by atoms with Crippen molar-refractivity contribution in [3.05, 3.63) is 18.2 Å². The van der Waals surface area contributed by atoms with Gasteiger partial charge < -0.3 is 14.9 Å². The summed E-state index contributed by atoms with van der Waals surface area (Å²) in [4.78, 5) is 3.87. The van der Waals surface area contributed by atoms with E-state index in [0.29, 0.717) is 11.4 Å². The molecule has 0 fully saturated rings. The average Bonchev–Trinajstić information content (AvgIpc) is 2.05. The van der Waals surface area contributed by atoms with E-state index in [0.717, 1.165) is 0 Å². The highest BCUT2D eigenvalue weighted by Crippen LogP contribution is 2.33. The van der Waals surface area contributed by atoms with Crippen LogP contribution in [0.25, 0.3) is 0 Å². The second kappa shape index (κ2) is 2.49. The number of aliphatic hydroxyl groups excluding tert-OH is 1. The molecule has 0 amide bonds. The summed E-state index contributed by atoms with van der Waals surface area (Å²) in [6.07, 6.45) is 0.281. The monoisotopic (exact) mass is 165 g/mol. The number of benzene rings is 1. The van der Waals surface area contributed by atoms with Gasteiger partial charge in [-0.1, -0.05) is 0 Å². The topological polar surface area (TPSA) is 62.1 Å². The Labute approximate surface area is 68.8 Å². The molecule has 2 N–H and O–H groups in total. The van der Waals surface area contributed by atoms with E-state index in [2.05, 4.69) is 4.99 Å². The first-order chi connectivity index (χ1) is 5.75. The predicted molar refractivity (Wildman–Crippen MR) is 42.9 cm³/mol. The third-order valence-corrected chi connectivity index (χ3v) is 1.53. The summed E-state index contributed by atoms with van der Waals surface area (Å²) >= 11 is 0. The molecule has 1 aliphatic heterocycles. The van der Waals surface area contributed by atoms with E-state index < -0.39 is 6.29 Å². The fourth-order valence-electron chi connectivity index (χ4n) is 1.01. The van der Waals surface area contributed by atoms with Gasteiger partial charge in [0.15, 0.2) is 0 Å². The Morgan fingerprint density at radius 1 is 1.42 bits per heavy atom. The number of aliphatic hydroxyl groups is 1. The molecule has 62 valence electrons. The average molecular weight is 165 g/mol. The van der Waals surface area contributed by atoms with Gasteiger partial charge in [0.25, 0.3) is 0 Å². The number of ether oxygens (including phenoxy) is 1. The SMILES string of the molecule is Oc1ccc2c(c1)N=CC(O)O2. The van der Waals surface area contributed by atoms with Crippen molar-refractivity contribution in [1.82, 2.24) is 0 Å². The first-order valence-electron chi connectivity index (χ1n) is 3.47. The van der Waals surface area contributed by atoms with Crippen LogP contribution in [0.3, 0.4) is 0 Å². The van der Waals surface area contributed by atoms with E-state index in [-0.39, 0.29) is 5.75 Å². The maximum absolute atomic E-state index is 9.06. The van der Waals surface area contributed by atoms with Gasteiger partial charge in [0.1, 0.15) is 17.2 Å². The molecule has 1 heterocycles. The van der Waals surface area contributed by atoms with Crippen LogP contribution in [0, 0.1) is 0 Å². The largest absolute Gasteiger partial charge is 0.508 e. The highest BCUT2D eigenvalue weighted by atomic mass is 16.6. The van der Waals surface area contributed by atoms with Crippen LogP contribution in [-0.2, 0) is 0 Å². The van der Waals surface area contributed by atoms with E-state index in [1.165, 1.54) is 18.3 Å². The van der Waals surface area contributed by atoms with Gasteiger partial charge in [-0.05, 0) is 12.1 Å². The molecule has 1 aromatic carbocycles. The van der Waals surface area contributed by atoms with Crippen LogP contribution in [0.5, 0.6) is 11.5 Å². The molecule has 1 aliphatic rings. The Bertz CT molecular complexity index is 335. The molecule has 0 saturated carbocycles. The summed E-state index contributed by atoms with van der Waals surface area (Å²) < 4.78 is 4.98. The summed E-state index contributed by atoms with van der Waals surface area (Å²) in [5.74, 6) is 0.605. The van der Waals surface area contributed by atoms with Gasteiger partial charge in [-0.2, -0.15) is 0 Å². The number of phenols is 1. The lowest BCUT2D eigenvalue weighted by Crippen LogP contribution is -2.19. The summed E-state index contributed by atoms with van der Waals surface area (Å²) in [5, 5.41) is 18.1. The number of rotatable bonds is 0. The maximum atomic E-state index is 9.06. The molecule has 4 heteroatoms. The molecular weight excluding hydrogens is 158 g/mol. The van der Waals surface area contributed by atoms with E-state index in [4.69, 9.17) is 14.9 Å². The van der Waals surface area contributed by atoms with Crippen molar-refractivity contribution in [3.8, 4) is 11.5 Å². The molecule has 0 radical (unpaired) electrons. The Morgan fingerprint density at radius 2 is 2.25 bits per heavy atom. The highest BCUT2D eigenvalue weighted by molar-refractivity contribution is 5.73. The quantitative estimate of drug-likeness (QED) is 0.597. The van der Waals surface area contributed by atoms with Crippen molar-refractivity contribution in [2.75, 3.05) is 0 Å². The van der Waals surface area contributed by atoms with Crippen LogP contribution >= 0.6 is 0 Å². The first kappa shape index (κ1) is 7.12. The number of fused-ring (bicyclic) bond motifs is 1. The molecule has 0 bridgehead atoms. The standard InChI is InChI=1S/C8H7NO3/c10-5-1-2-7-6(3-5)9-4-8(11)12-7/h1-4,8,10-11H. The van der Waals surface area contributed by atoms with Gasteiger partial charge in [0.05, 0.1) is 6.21 Å². The normalized spacial score (nSPS) is 19.9. The van der Waals surface area contributed by atoms with Crippen molar-refractivity contribution >= 4 is 11.9 Å². The Kier molecular flexibility index (Phi) is 1.48. The second-order valence-electron chi connectivity index (χ2n) is 2.44. The Hall–Kier alpha value is -1.55. The predicted octanol–water partition coefficient (Wildman–Crippen LogP) is 0.805. The first-order valence-corrected chi connectivity index (χ1v) is 3.47. The minimum absolute atomic E-state index is 0.130. The van der Waals surface area contributed by atoms with Crippen LogP contribution < -0.4 is 4.74 Å². The molecule has 1 aromatic rings. The van der Waals surface area contributed by atoms with Gasteiger partial charge in [0.2, 0.25) is 6.29 Å². The third kappa shape index (κ3) is 1.12. The van der Waals surface area contributed by atoms with E-state index in [9.17, 15) is 0 Å². The van der Waals surface area contributed by atoms with Gasteiger partial charge in [-0.3, -0.25) is 4.99 Å². The van der Waals surface area contributed by atoms with Crippen molar-refractivity contribution in [1.29, 1.82) is 0 Å². The minimum Gasteiger partial charge on any atom is -0.508 e. The smallest absolute Gasteiger partial charge is 0.234 e. The lowest BCUT2D eigenvalue weighted by Gasteiger charge is -2.15.